The summed E-state index contributed by atoms with van der Waals surface area (Å²) in [4.78, 5) is 0. The quantitative estimate of drug-likeness (QED) is 0.715. The highest BCUT2D eigenvalue weighted by molar-refractivity contribution is 6.71. The van der Waals surface area contributed by atoms with Gasteiger partial charge in [-0.1, -0.05) is 19.3 Å². The number of rotatable bonds is 1. The third-order valence-electron chi connectivity index (χ3n) is 4.09. The predicted octanol–water partition coefficient (Wildman–Crippen LogP) is 3.31. The van der Waals surface area contributed by atoms with E-state index in [4.69, 9.17) is 4.43 Å². The molecule has 16 heavy (non-hydrogen) atoms. The van der Waals surface area contributed by atoms with E-state index in [0.717, 1.165) is 12.5 Å². The molecule has 0 aromatic heterocycles. The average molecular weight is 242 g/mol. The second-order valence-corrected chi connectivity index (χ2v) is 10.8. The van der Waals surface area contributed by atoms with Crippen LogP contribution in [0.5, 0.6) is 0 Å². The summed E-state index contributed by atoms with van der Waals surface area (Å²) in [5, 5.41) is 10.4. The van der Waals surface area contributed by atoms with Crippen molar-refractivity contribution in [2.24, 2.45) is 5.92 Å². The first-order chi connectivity index (χ1) is 7.38. The van der Waals surface area contributed by atoms with Crippen LogP contribution in [0.15, 0.2) is 0 Å². The molecule has 1 heterocycles. The third kappa shape index (κ3) is 3.08. The molecule has 0 bridgehead atoms. The Bertz CT molecular complexity index is 228. The van der Waals surface area contributed by atoms with E-state index in [1.165, 1.54) is 32.1 Å². The maximum absolute atomic E-state index is 10.4. The molecule has 1 aliphatic heterocycles. The molecule has 2 aliphatic rings. The zero-order valence-electron chi connectivity index (χ0n) is 11.0. The van der Waals surface area contributed by atoms with E-state index in [1.807, 2.05) is 6.92 Å². The van der Waals surface area contributed by atoms with E-state index in [0.29, 0.717) is 12.0 Å². The SMILES string of the molecule is C[C@]1(O)C[C@H](C2CCCCC2)O[Si](C)(C)C1. The minimum absolute atomic E-state index is 0.339. The molecule has 1 saturated heterocycles. The van der Waals surface area contributed by atoms with Crippen LogP contribution in [0.25, 0.3) is 0 Å². The Kier molecular flexibility index (Phi) is 3.48. The summed E-state index contributed by atoms with van der Waals surface area (Å²) < 4.78 is 6.33. The summed E-state index contributed by atoms with van der Waals surface area (Å²) in [6.45, 7) is 6.49. The fraction of sp³-hybridized carbons (Fsp3) is 1.00. The van der Waals surface area contributed by atoms with E-state index >= 15 is 0 Å². The standard InChI is InChI=1S/C13H26O2Si/c1-13(14)9-12(15-16(2,3)10-13)11-7-5-4-6-8-11/h11-12,14H,4-10H2,1-3H3/t12-,13+/m1/s1. The molecule has 1 saturated carbocycles. The van der Waals surface area contributed by atoms with Crippen LogP contribution in [-0.4, -0.2) is 25.1 Å². The molecule has 94 valence electrons. The van der Waals surface area contributed by atoms with Crippen LogP contribution in [0.2, 0.25) is 19.1 Å². The van der Waals surface area contributed by atoms with Crippen LogP contribution in [0.1, 0.15) is 45.4 Å². The highest BCUT2D eigenvalue weighted by Crippen LogP contribution is 2.40. The van der Waals surface area contributed by atoms with Gasteiger partial charge >= 0.3 is 0 Å². The van der Waals surface area contributed by atoms with Gasteiger partial charge in [-0.25, -0.2) is 0 Å². The van der Waals surface area contributed by atoms with Crippen LogP contribution in [0.3, 0.4) is 0 Å². The molecule has 1 N–H and O–H groups in total. The van der Waals surface area contributed by atoms with Gasteiger partial charge in [-0.2, -0.15) is 0 Å². The van der Waals surface area contributed by atoms with Crippen molar-refractivity contribution in [1.29, 1.82) is 0 Å². The van der Waals surface area contributed by atoms with Gasteiger partial charge in [0.25, 0.3) is 0 Å². The molecule has 0 spiro atoms. The normalized spacial score (nSPS) is 40.9. The Balaban J connectivity index is 2.03. The Morgan fingerprint density at radius 2 is 1.81 bits per heavy atom. The van der Waals surface area contributed by atoms with Gasteiger partial charge in [0.15, 0.2) is 8.32 Å². The van der Waals surface area contributed by atoms with Gasteiger partial charge in [-0.3, -0.25) is 0 Å². The lowest BCUT2D eigenvalue weighted by Crippen LogP contribution is -2.53. The Hall–Kier alpha value is 0.137. The average Bonchev–Trinajstić information content (AvgIpc) is 2.14. The maximum Gasteiger partial charge on any atom is 0.189 e. The monoisotopic (exact) mass is 242 g/mol. The first kappa shape index (κ1) is 12.6. The number of hydrogen-bond donors (Lipinski definition) is 1. The zero-order chi connectivity index (χ0) is 11.8. The van der Waals surface area contributed by atoms with Crippen molar-refractivity contribution in [3.05, 3.63) is 0 Å². The molecule has 2 atom stereocenters. The van der Waals surface area contributed by atoms with Crippen molar-refractivity contribution in [3.63, 3.8) is 0 Å². The van der Waals surface area contributed by atoms with E-state index in [9.17, 15) is 5.11 Å². The van der Waals surface area contributed by atoms with Gasteiger partial charge in [0.2, 0.25) is 0 Å². The van der Waals surface area contributed by atoms with Crippen molar-refractivity contribution >= 4 is 8.32 Å². The molecule has 3 heteroatoms. The largest absolute Gasteiger partial charge is 0.414 e. The van der Waals surface area contributed by atoms with E-state index in [2.05, 4.69) is 13.1 Å². The van der Waals surface area contributed by atoms with Crippen LogP contribution in [-0.2, 0) is 4.43 Å². The van der Waals surface area contributed by atoms with Crippen LogP contribution in [0, 0.1) is 5.92 Å². The molecule has 2 fully saturated rings. The van der Waals surface area contributed by atoms with E-state index < -0.39 is 13.9 Å². The second kappa shape index (κ2) is 4.43. The molecule has 0 radical (unpaired) electrons. The minimum atomic E-state index is -1.62. The summed E-state index contributed by atoms with van der Waals surface area (Å²) >= 11 is 0. The molecule has 1 aliphatic carbocycles. The summed E-state index contributed by atoms with van der Waals surface area (Å²) in [7, 11) is -1.62. The molecule has 0 aromatic rings. The lowest BCUT2D eigenvalue weighted by Gasteiger charge is -2.46. The highest BCUT2D eigenvalue weighted by atomic mass is 28.4. The van der Waals surface area contributed by atoms with Crippen molar-refractivity contribution in [1.82, 2.24) is 0 Å². The fourth-order valence-corrected chi connectivity index (χ4v) is 6.84. The topological polar surface area (TPSA) is 29.5 Å². The van der Waals surface area contributed by atoms with Crippen LogP contribution < -0.4 is 0 Å². The second-order valence-electron chi connectivity index (χ2n) is 6.69. The number of aliphatic hydroxyl groups is 1. The van der Waals surface area contributed by atoms with E-state index in [1.54, 1.807) is 0 Å². The van der Waals surface area contributed by atoms with Crippen molar-refractivity contribution in [3.8, 4) is 0 Å². The first-order valence-electron chi connectivity index (χ1n) is 6.78. The van der Waals surface area contributed by atoms with Gasteiger partial charge in [-0.15, -0.1) is 0 Å². The van der Waals surface area contributed by atoms with Crippen molar-refractivity contribution in [2.75, 3.05) is 0 Å². The zero-order valence-corrected chi connectivity index (χ0v) is 12.0. The first-order valence-corrected chi connectivity index (χ1v) is 9.90. The summed E-state index contributed by atoms with van der Waals surface area (Å²) in [5.74, 6) is 0.715. The predicted molar refractivity (Wildman–Crippen MR) is 69.0 cm³/mol. The Morgan fingerprint density at radius 3 is 2.38 bits per heavy atom. The highest BCUT2D eigenvalue weighted by Gasteiger charge is 2.44. The Labute approximate surface area is 101 Å². The maximum atomic E-state index is 10.4. The summed E-state index contributed by atoms with van der Waals surface area (Å²) in [6.07, 6.45) is 7.92. The fourth-order valence-electron chi connectivity index (χ4n) is 3.68. The lowest BCUT2D eigenvalue weighted by molar-refractivity contribution is -0.0308. The van der Waals surface area contributed by atoms with Gasteiger partial charge in [0.1, 0.15) is 0 Å². The lowest BCUT2D eigenvalue weighted by atomic mass is 9.81. The summed E-state index contributed by atoms with van der Waals surface area (Å²) in [5.41, 5.74) is -0.476. The number of hydrogen-bond acceptors (Lipinski definition) is 2. The molecular formula is C13H26O2Si. The molecule has 2 nitrogen and oxygen atoms in total. The van der Waals surface area contributed by atoms with E-state index in [-0.39, 0.29) is 0 Å². The third-order valence-corrected chi connectivity index (χ3v) is 6.65. The molecule has 0 aromatic carbocycles. The summed E-state index contributed by atoms with van der Waals surface area (Å²) in [6, 6.07) is 0.892. The van der Waals surface area contributed by atoms with Gasteiger partial charge < -0.3 is 9.53 Å². The van der Waals surface area contributed by atoms with Crippen molar-refractivity contribution < 1.29 is 9.53 Å². The molecule has 0 amide bonds. The van der Waals surface area contributed by atoms with Crippen LogP contribution in [0.4, 0.5) is 0 Å². The Morgan fingerprint density at radius 1 is 1.19 bits per heavy atom. The smallest absolute Gasteiger partial charge is 0.189 e. The molecule has 2 rings (SSSR count). The van der Waals surface area contributed by atoms with Crippen LogP contribution >= 0.6 is 0 Å². The van der Waals surface area contributed by atoms with Crippen molar-refractivity contribution in [2.45, 2.75) is 76.3 Å². The van der Waals surface area contributed by atoms with Gasteiger partial charge in [0, 0.05) is 6.42 Å². The van der Waals surface area contributed by atoms with Gasteiger partial charge in [-0.05, 0) is 44.8 Å². The molecular weight excluding hydrogens is 216 g/mol. The minimum Gasteiger partial charge on any atom is -0.414 e. The van der Waals surface area contributed by atoms with Gasteiger partial charge in [0.05, 0.1) is 11.7 Å². The molecule has 0 unspecified atom stereocenters.